The molecule has 0 saturated carbocycles. The molecule has 0 N–H and O–H groups in total. The van der Waals surface area contributed by atoms with E-state index in [1.807, 2.05) is 18.2 Å². The van der Waals surface area contributed by atoms with Crippen LogP contribution in [0.4, 0.5) is 0 Å². The summed E-state index contributed by atoms with van der Waals surface area (Å²) in [7, 11) is 1.93. The molecule has 0 amide bonds. The molecule has 1 heterocycles. The second kappa shape index (κ2) is 5.91. The van der Waals surface area contributed by atoms with Gasteiger partial charge in [-0.3, -0.25) is 0 Å². The summed E-state index contributed by atoms with van der Waals surface area (Å²) in [6.07, 6.45) is 1.02. The Morgan fingerprint density at radius 2 is 2.05 bits per heavy atom. The fraction of sp³-hybridized carbons (Fsp3) is 0.462. The molecule has 0 radical (unpaired) electrons. The van der Waals surface area contributed by atoms with Gasteiger partial charge in [0.2, 0.25) is 9.05 Å². The summed E-state index contributed by atoms with van der Waals surface area (Å²) in [5, 5.41) is 8.17. The molecule has 0 unspecified atom stereocenters. The van der Waals surface area contributed by atoms with Crippen LogP contribution in [0.15, 0.2) is 24.3 Å². The Bertz CT molecular complexity index is 577. The van der Waals surface area contributed by atoms with Crippen LogP contribution in [0.2, 0.25) is 0 Å². The van der Waals surface area contributed by atoms with Crippen LogP contribution < -0.4 is 0 Å². The Labute approximate surface area is 117 Å². The lowest BCUT2D eigenvalue weighted by atomic mass is 9.93. The summed E-state index contributed by atoms with van der Waals surface area (Å²) in [5.41, 5.74) is 1.57. The van der Waals surface area contributed by atoms with Gasteiger partial charge in [-0.1, -0.05) is 12.1 Å². The SMILES string of the molecule is N#Cc1ccc(C[C@H]2COCC[C@@H]2S(=O)(=O)Cl)cc1. The molecule has 1 aromatic rings. The number of hydrogen-bond acceptors (Lipinski definition) is 4. The quantitative estimate of drug-likeness (QED) is 0.801. The number of rotatable bonds is 3. The van der Waals surface area contributed by atoms with E-state index in [-0.39, 0.29) is 5.92 Å². The average molecular weight is 300 g/mol. The highest BCUT2D eigenvalue weighted by Gasteiger charge is 2.34. The Morgan fingerprint density at radius 1 is 1.37 bits per heavy atom. The van der Waals surface area contributed by atoms with Crippen molar-refractivity contribution in [2.45, 2.75) is 18.1 Å². The third-order valence-electron chi connectivity index (χ3n) is 3.35. The zero-order valence-electron chi connectivity index (χ0n) is 10.3. The zero-order chi connectivity index (χ0) is 13.9. The molecule has 1 saturated heterocycles. The summed E-state index contributed by atoms with van der Waals surface area (Å²) < 4.78 is 28.5. The van der Waals surface area contributed by atoms with E-state index in [2.05, 4.69) is 0 Å². The van der Waals surface area contributed by atoms with Gasteiger partial charge in [-0.25, -0.2) is 8.42 Å². The van der Waals surface area contributed by atoms with Crippen molar-refractivity contribution in [2.75, 3.05) is 13.2 Å². The maximum Gasteiger partial charge on any atom is 0.235 e. The molecule has 1 fully saturated rings. The zero-order valence-corrected chi connectivity index (χ0v) is 11.8. The number of nitrogens with zero attached hydrogens (tertiary/aromatic N) is 1. The Morgan fingerprint density at radius 3 is 2.63 bits per heavy atom. The van der Waals surface area contributed by atoms with Crippen LogP contribution in [0.5, 0.6) is 0 Å². The number of benzene rings is 1. The lowest BCUT2D eigenvalue weighted by Gasteiger charge is -2.29. The molecule has 0 aromatic heterocycles. The van der Waals surface area contributed by atoms with Gasteiger partial charge in [0.05, 0.1) is 23.5 Å². The van der Waals surface area contributed by atoms with Crippen LogP contribution in [0, 0.1) is 17.2 Å². The van der Waals surface area contributed by atoms with Gasteiger partial charge in [0.1, 0.15) is 0 Å². The van der Waals surface area contributed by atoms with Crippen molar-refractivity contribution in [1.82, 2.24) is 0 Å². The molecule has 2 atom stereocenters. The fourth-order valence-corrected chi connectivity index (χ4v) is 4.07. The van der Waals surface area contributed by atoms with E-state index in [1.165, 1.54) is 0 Å². The van der Waals surface area contributed by atoms with Crippen molar-refractivity contribution in [3.8, 4) is 6.07 Å². The second-order valence-electron chi connectivity index (χ2n) is 4.65. The number of hydrogen-bond donors (Lipinski definition) is 0. The standard InChI is InChI=1S/C13H14ClNO3S/c14-19(16,17)13-5-6-18-9-12(13)7-10-1-3-11(8-15)4-2-10/h1-4,12-13H,5-7,9H2/t12-,13-/m0/s1. The molecule has 6 heteroatoms. The van der Waals surface area contributed by atoms with E-state index in [0.717, 1.165) is 5.56 Å². The molecular formula is C13H14ClNO3S. The topological polar surface area (TPSA) is 67.2 Å². The highest BCUT2D eigenvalue weighted by atomic mass is 35.7. The predicted octanol–water partition coefficient (Wildman–Crippen LogP) is 2.07. The number of ether oxygens (including phenoxy) is 1. The molecular weight excluding hydrogens is 286 g/mol. The minimum absolute atomic E-state index is 0.135. The molecule has 1 aliphatic heterocycles. The molecule has 0 aliphatic carbocycles. The van der Waals surface area contributed by atoms with Crippen molar-refractivity contribution < 1.29 is 13.2 Å². The van der Waals surface area contributed by atoms with Gasteiger partial charge >= 0.3 is 0 Å². The first-order chi connectivity index (χ1) is 9.00. The minimum atomic E-state index is -3.57. The molecule has 2 rings (SSSR count). The summed E-state index contributed by atoms with van der Waals surface area (Å²) in [6, 6.07) is 9.18. The maximum absolute atomic E-state index is 11.6. The van der Waals surface area contributed by atoms with Gasteiger partial charge in [0.15, 0.2) is 0 Å². The summed E-state index contributed by atoms with van der Waals surface area (Å²) >= 11 is 0. The van der Waals surface area contributed by atoms with Gasteiger partial charge in [0.25, 0.3) is 0 Å². The highest BCUT2D eigenvalue weighted by Crippen LogP contribution is 2.27. The normalized spacial score (nSPS) is 23.8. The molecule has 1 aromatic carbocycles. The van der Waals surface area contributed by atoms with E-state index < -0.39 is 14.3 Å². The van der Waals surface area contributed by atoms with Crippen LogP contribution in [-0.4, -0.2) is 26.9 Å². The van der Waals surface area contributed by atoms with E-state index in [0.29, 0.717) is 31.6 Å². The van der Waals surface area contributed by atoms with Gasteiger partial charge < -0.3 is 4.74 Å². The molecule has 19 heavy (non-hydrogen) atoms. The number of nitriles is 1. The maximum atomic E-state index is 11.6. The van der Waals surface area contributed by atoms with Crippen molar-refractivity contribution in [1.29, 1.82) is 5.26 Å². The van der Waals surface area contributed by atoms with Crippen LogP contribution in [0.25, 0.3) is 0 Å². The van der Waals surface area contributed by atoms with Crippen molar-refractivity contribution >= 4 is 19.7 Å². The van der Waals surface area contributed by atoms with Gasteiger partial charge in [-0.05, 0) is 30.5 Å². The number of halogens is 1. The third kappa shape index (κ3) is 3.69. The Hall–Kier alpha value is -1.09. The summed E-state index contributed by atoms with van der Waals surface area (Å²) in [6.45, 7) is 0.830. The summed E-state index contributed by atoms with van der Waals surface area (Å²) in [4.78, 5) is 0. The van der Waals surface area contributed by atoms with Crippen molar-refractivity contribution in [3.05, 3.63) is 35.4 Å². The van der Waals surface area contributed by atoms with E-state index in [1.54, 1.807) is 12.1 Å². The lowest BCUT2D eigenvalue weighted by Crippen LogP contribution is -2.37. The van der Waals surface area contributed by atoms with Crippen LogP contribution in [0.3, 0.4) is 0 Å². The predicted molar refractivity (Wildman–Crippen MR) is 72.3 cm³/mol. The van der Waals surface area contributed by atoms with E-state index in [4.69, 9.17) is 20.7 Å². The summed E-state index contributed by atoms with van der Waals surface area (Å²) in [5.74, 6) is -0.135. The Balaban J connectivity index is 2.13. The van der Waals surface area contributed by atoms with Crippen LogP contribution in [-0.2, 0) is 20.2 Å². The average Bonchev–Trinajstić information content (AvgIpc) is 2.39. The largest absolute Gasteiger partial charge is 0.381 e. The van der Waals surface area contributed by atoms with Gasteiger partial charge in [0, 0.05) is 23.2 Å². The van der Waals surface area contributed by atoms with Crippen LogP contribution in [0.1, 0.15) is 17.5 Å². The third-order valence-corrected chi connectivity index (χ3v) is 5.38. The van der Waals surface area contributed by atoms with Gasteiger partial charge in [-0.15, -0.1) is 0 Å². The minimum Gasteiger partial charge on any atom is -0.381 e. The molecule has 0 spiro atoms. The first-order valence-corrected chi connectivity index (χ1v) is 8.38. The first-order valence-electron chi connectivity index (χ1n) is 6.01. The first kappa shape index (κ1) is 14.3. The van der Waals surface area contributed by atoms with E-state index >= 15 is 0 Å². The fourth-order valence-electron chi connectivity index (χ4n) is 2.36. The van der Waals surface area contributed by atoms with Crippen molar-refractivity contribution in [3.63, 3.8) is 0 Å². The van der Waals surface area contributed by atoms with Gasteiger partial charge in [-0.2, -0.15) is 5.26 Å². The Kier molecular flexibility index (Phi) is 4.46. The molecule has 4 nitrogen and oxygen atoms in total. The monoisotopic (exact) mass is 299 g/mol. The second-order valence-corrected chi connectivity index (χ2v) is 7.50. The smallest absolute Gasteiger partial charge is 0.235 e. The molecule has 1 aliphatic rings. The van der Waals surface area contributed by atoms with Crippen LogP contribution >= 0.6 is 10.7 Å². The highest BCUT2D eigenvalue weighted by molar-refractivity contribution is 8.14. The van der Waals surface area contributed by atoms with E-state index in [9.17, 15) is 8.42 Å². The molecule has 0 bridgehead atoms. The molecule has 102 valence electrons. The lowest BCUT2D eigenvalue weighted by molar-refractivity contribution is 0.0577. The van der Waals surface area contributed by atoms with Crippen molar-refractivity contribution in [2.24, 2.45) is 5.92 Å².